The van der Waals surface area contributed by atoms with E-state index in [2.05, 4.69) is 15.3 Å². The van der Waals surface area contributed by atoms with E-state index in [4.69, 9.17) is 4.74 Å². The molecule has 2 heterocycles. The number of pyridine rings is 1. The number of hydrogen-bond acceptors (Lipinski definition) is 6. The van der Waals surface area contributed by atoms with Crippen LogP contribution in [0.2, 0.25) is 0 Å². The van der Waals surface area contributed by atoms with Crippen molar-refractivity contribution in [3.8, 4) is 0 Å². The van der Waals surface area contributed by atoms with Crippen LogP contribution in [0, 0.1) is 0 Å². The lowest BCUT2D eigenvalue weighted by molar-refractivity contribution is -0.148. The predicted molar refractivity (Wildman–Crippen MR) is 84.7 cm³/mol. The summed E-state index contributed by atoms with van der Waals surface area (Å²) in [5.74, 6) is -0.275. The van der Waals surface area contributed by atoms with E-state index >= 15 is 0 Å². The second kappa shape index (κ2) is 8.48. The number of halogens is 3. The van der Waals surface area contributed by atoms with Crippen molar-refractivity contribution in [3.05, 3.63) is 23.4 Å². The van der Waals surface area contributed by atoms with Gasteiger partial charge in [-0.15, -0.1) is 5.48 Å². The molecule has 0 atom stereocenters. The highest BCUT2D eigenvalue weighted by Gasteiger charge is 2.34. The van der Waals surface area contributed by atoms with Gasteiger partial charge in [-0.2, -0.15) is 13.2 Å². The zero-order valence-corrected chi connectivity index (χ0v) is 14.2. The van der Waals surface area contributed by atoms with Gasteiger partial charge in [0.25, 0.3) is 0 Å². The third-order valence-electron chi connectivity index (χ3n) is 3.87. The number of carbonyl (C=O) groups is 1. The summed E-state index contributed by atoms with van der Waals surface area (Å²) in [7, 11) is 0. The van der Waals surface area contributed by atoms with Gasteiger partial charge < -0.3 is 14.5 Å². The van der Waals surface area contributed by atoms with E-state index in [0.29, 0.717) is 25.3 Å². The fraction of sp³-hybridized carbons (Fsp3) is 0.625. The zero-order valence-electron chi connectivity index (χ0n) is 14.2. The van der Waals surface area contributed by atoms with Gasteiger partial charge in [-0.3, -0.25) is 4.79 Å². The van der Waals surface area contributed by atoms with E-state index in [-0.39, 0.29) is 18.5 Å². The van der Waals surface area contributed by atoms with Gasteiger partial charge in [-0.1, -0.05) is 6.07 Å². The Morgan fingerprint density at radius 1 is 1.36 bits per heavy atom. The molecule has 1 saturated heterocycles. The summed E-state index contributed by atoms with van der Waals surface area (Å²) < 4.78 is 44.6. The van der Waals surface area contributed by atoms with Crippen LogP contribution in [-0.4, -0.2) is 36.8 Å². The number of piperidine rings is 1. The Hall–Kier alpha value is -1.87. The monoisotopic (exact) mass is 361 g/mol. The fourth-order valence-electron chi connectivity index (χ4n) is 2.73. The van der Waals surface area contributed by atoms with Crippen LogP contribution >= 0.6 is 0 Å². The normalized spacial score (nSPS) is 16.1. The highest BCUT2D eigenvalue weighted by atomic mass is 19.4. The molecule has 2 rings (SSSR count). The second-order valence-electron chi connectivity index (χ2n) is 5.73. The van der Waals surface area contributed by atoms with E-state index in [9.17, 15) is 18.0 Å². The number of anilines is 1. The first-order valence-electron chi connectivity index (χ1n) is 8.15. The van der Waals surface area contributed by atoms with Crippen molar-refractivity contribution in [1.29, 1.82) is 0 Å². The quantitative estimate of drug-likeness (QED) is 0.786. The molecule has 1 fully saturated rings. The van der Waals surface area contributed by atoms with E-state index < -0.39 is 17.8 Å². The number of carbonyl (C=O) groups excluding carboxylic acids is 1. The molecular weight excluding hydrogens is 339 g/mol. The third-order valence-corrected chi connectivity index (χ3v) is 3.87. The standard InChI is InChI=1S/C16H22F3N3O3/c1-3-24-13-6-8-22(9-7-13)15-12(10-20-25-11(2)23)4-5-14(21-15)16(17,18)19/h4-5,13,20H,3,6-10H2,1-2H3. The van der Waals surface area contributed by atoms with Crippen molar-refractivity contribution in [2.45, 2.75) is 45.5 Å². The van der Waals surface area contributed by atoms with Gasteiger partial charge in [-0.25, -0.2) is 4.98 Å². The van der Waals surface area contributed by atoms with Crippen molar-refractivity contribution < 1.29 is 27.5 Å². The van der Waals surface area contributed by atoms with E-state index in [1.54, 1.807) is 0 Å². The van der Waals surface area contributed by atoms with Gasteiger partial charge in [0.2, 0.25) is 0 Å². The largest absolute Gasteiger partial charge is 0.433 e. The lowest BCUT2D eigenvalue weighted by Crippen LogP contribution is -2.38. The fourth-order valence-corrected chi connectivity index (χ4v) is 2.73. The average molecular weight is 361 g/mol. The summed E-state index contributed by atoms with van der Waals surface area (Å²) in [6.45, 7) is 4.95. The molecule has 1 aromatic rings. The summed E-state index contributed by atoms with van der Waals surface area (Å²) in [6.07, 6.45) is -2.94. The summed E-state index contributed by atoms with van der Waals surface area (Å²) >= 11 is 0. The molecule has 0 amide bonds. The first kappa shape index (κ1) is 19.5. The smallest absolute Gasteiger partial charge is 0.378 e. The zero-order chi connectivity index (χ0) is 18.4. The molecule has 0 unspecified atom stereocenters. The molecule has 0 spiro atoms. The summed E-state index contributed by atoms with van der Waals surface area (Å²) in [4.78, 5) is 21.1. The van der Waals surface area contributed by atoms with Gasteiger partial charge in [-0.05, 0) is 25.8 Å². The topological polar surface area (TPSA) is 63.7 Å². The minimum Gasteiger partial charge on any atom is -0.378 e. The Morgan fingerprint density at radius 3 is 2.60 bits per heavy atom. The minimum absolute atomic E-state index is 0.0748. The molecule has 6 nitrogen and oxygen atoms in total. The third kappa shape index (κ3) is 5.57. The van der Waals surface area contributed by atoms with E-state index in [1.807, 2.05) is 11.8 Å². The van der Waals surface area contributed by atoms with Crippen LogP contribution in [0.5, 0.6) is 0 Å². The van der Waals surface area contributed by atoms with Gasteiger partial charge in [0, 0.05) is 32.2 Å². The van der Waals surface area contributed by atoms with Crippen molar-refractivity contribution in [2.75, 3.05) is 24.6 Å². The van der Waals surface area contributed by atoms with Crippen LogP contribution in [0.25, 0.3) is 0 Å². The second-order valence-corrected chi connectivity index (χ2v) is 5.73. The van der Waals surface area contributed by atoms with Crippen molar-refractivity contribution in [2.24, 2.45) is 0 Å². The number of alkyl halides is 3. The molecule has 140 valence electrons. The SMILES string of the molecule is CCOC1CCN(c2nc(C(F)(F)F)ccc2CNOC(C)=O)CC1. The van der Waals surface area contributed by atoms with Crippen LogP contribution in [0.1, 0.15) is 37.9 Å². The molecule has 0 bridgehead atoms. The molecule has 0 aromatic carbocycles. The maximum atomic E-state index is 13.0. The number of hydrogen-bond donors (Lipinski definition) is 1. The van der Waals surface area contributed by atoms with Crippen LogP contribution in [0.15, 0.2) is 12.1 Å². The van der Waals surface area contributed by atoms with Gasteiger partial charge in [0.1, 0.15) is 11.5 Å². The first-order valence-corrected chi connectivity index (χ1v) is 8.15. The number of nitrogens with one attached hydrogen (secondary N) is 1. The van der Waals surface area contributed by atoms with Crippen LogP contribution in [0.4, 0.5) is 19.0 Å². The molecule has 1 aromatic heterocycles. The Kier molecular flexibility index (Phi) is 6.60. The average Bonchev–Trinajstić information content (AvgIpc) is 2.55. The lowest BCUT2D eigenvalue weighted by Gasteiger charge is -2.34. The number of hydroxylamine groups is 1. The highest BCUT2D eigenvalue weighted by molar-refractivity contribution is 5.65. The summed E-state index contributed by atoms with van der Waals surface area (Å²) in [5.41, 5.74) is 2.04. The Bertz CT molecular complexity index is 588. The molecule has 1 aliphatic rings. The number of ether oxygens (including phenoxy) is 1. The minimum atomic E-state index is -4.51. The van der Waals surface area contributed by atoms with Crippen LogP contribution in [0.3, 0.4) is 0 Å². The first-order chi connectivity index (χ1) is 11.8. The number of nitrogens with zero attached hydrogens (tertiary/aromatic N) is 2. The Balaban J connectivity index is 2.18. The molecule has 9 heteroatoms. The summed E-state index contributed by atoms with van der Waals surface area (Å²) in [5, 5.41) is 0. The van der Waals surface area contributed by atoms with E-state index in [1.165, 1.54) is 13.0 Å². The summed E-state index contributed by atoms with van der Waals surface area (Å²) in [6, 6.07) is 2.29. The van der Waals surface area contributed by atoms with Crippen molar-refractivity contribution in [1.82, 2.24) is 10.5 Å². The number of aromatic nitrogens is 1. The Labute approximate surface area is 144 Å². The van der Waals surface area contributed by atoms with Crippen molar-refractivity contribution in [3.63, 3.8) is 0 Å². The highest BCUT2D eigenvalue weighted by Crippen LogP contribution is 2.31. The van der Waals surface area contributed by atoms with Crippen LogP contribution < -0.4 is 10.4 Å². The van der Waals surface area contributed by atoms with Crippen LogP contribution in [-0.2, 0) is 27.1 Å². The molecule has 1 aliphatic heterocycles. The molecule has 0 saturated carbocycles. The number of rotatable bonds is 6. The molecule has 0 radical (unpaired) electrons. The Morgan fingerprint density at radius 2 is 2.04 bits per heavy atom. The lowest BCUT2D eigenvalue weighted by atomic mass is 10.1. The van der Waals surface area contributed by atoms with Gasteiger partial charge >= 0.3 is 12.1 Å². The molecule has 0 aliphatic carbocycles. The van der Waals surface area contributed by atoms with Gasteiger partial charge in [0.05, 0.1) is 12.6 Å². The van der Waals surface area contributed by atoms with Gasteiger partial charge in [0.15, 0.2) is 0 Å². The maximum Gasteiger partial charge on any atom is 0.433 e. The predicted octanol–water partition coefficient (Wildman–Crippen LogP) is 2.67. The van der Waals surface area contributed by atoms with Crippen molar-refractivity contribution >= 4 is 11.8 Å². The molecule has 1 N–H and O–H groups in total. The maximum absolute atomic E-state index is 13.0. The molecular formula is C16H22F3N3O3. The molecule has 25 heavy (non-hydrogen) atoms. The van der Waals surface area contributed by atoms with E-state index in [0.717, 1.165) is 18.9 Å².